The largest absolute Gasteiger partial charge is 0.472 e. The van der Waals surface area contributed by atoms with Crippen LogP contribution in [0.3, 0.4) is 0 Å². The number of ether oxygens (including phenoxy) is 3. The molecule has 0 aromatic rings. The molecule has 0 spiro atoms. The first-order chi connectivity index (χ1) is 47.2. The zero-order chi connectivity index (χ0) is 70.9. The number of carbonyl (C=O) groups is 3. The van der Waals surface area contributed by atoms with E-state index in [-0.39, 0.29) is 19.3 Å². The lowest BCUT2D eigenvalue weighted by atomic mass is 10.0. The van der Waals surface area contributed by atoms with Gasteiger partial charge in [0, 0.05) is 19.3 Å². The molecule has 562 valence electrons. The third kappa shape index (κ3) is 73.5. The van der Waals surface area contributed by atoms with Gasteiger partial charge in [0.05, 0.1) is 26.4 Å². The molecule has 0 aromatic carbocycles. The Morgan fingerprint density at radius 1 is 0.299 bits per heavy atom. The number of rotatable bonds is 73. The first-order valence-electron chi connectivity index (χ1n) is 38.5. The van der Waals surface area contributed by atoms with Crippen molar-refractivity contribution < 1.29 is 75.8 Å². The summed E-state index contributed by atoms with van der Waals surface area (Å²) in [7, 11) is -9.77. The highest BCUT2D eigenvalue weighted by Gasteiger charge is 2.29. The topological polar surface area (TPSA) is 231 Å². The number of phosphoric ester groups is 2. The Morgan fingerprint density at radius 2 is 0.567 bits per heavy atom. The summed E-state index contributed by atoms with van der Waals surface area (Å²) in [6.07, 6.45) is 82.1. The zero-order valence-corrected chi connectivity index (χ0v) is 63.0. The van der Waals surface area contributed by atoms with Gasteiger partial charge >= 0.3 is 33.6 Å². The van der Waals surface area contributed by atoms with Crippen LogP contribution in [0.4, 0.5) is 0 Å². The average Bonchev–Trinajstić information content (AvgIpc) is 1.57. The van der Waals surface area contributed by atoms with Crippen molar-refractivity contribution >= 4 is 33.6 Å². The van der Waals surface area contributed by atoms with Crippen LogP contribution in [-0.2, 0) is 55.8 Å². The highest BCUT2D eigenvalue weighted by atomic mass is 31.2. The Morgan fingerprint density at radius 3 is 0.918 bits per heavy atom. The van der Waals surface area contributed by atoms with Crippen LogP contribution >= 0.6 is 15.6 Å². The molecule has 18 heteroatoms. The van der Waals surface area contributed by atoms with Gasteiger partial charge in [0.25, 0.3) is 0 Å². The summed E-state index contributed by atoms with van der Waals surface area (Å²) in [5.74, 6) is -1.59. The molecular weight excluding hydrogens is 1270 g/mol. The highest BCUT2D eigenvalue weighted by molar-refractivity contribution is 7.47. The lowest BCUT2D eigenvalue weighted by Gasteiger charge is -2.21. The first kappa shape index (κ1) is 93.5. The molecule has 97 heavy (non-hydrogen) atoms. The van der Waals surface area contributed by atoms with Gasteiger partial charge in [0.15, 0.2) is 6.10 Å². The van der Waals surface area contributed by atoms with Crippen LogP contribution in [0.15, 0.2) is 97.2 Å². The van der Waals surface area contributed by atoms with Crippen LogP contribution in [0.2, 0.25) is 0 Å². The van der Waals surface area contributed by atoms with Crippen molar-refractivity contribution in [2.75, 3.05) is 39.6 Å². The van der Waals surface area contributed by atoms with E-state index < -0.39 is 91.5 Å². The third-order valence-electron chi connectivity index (χ3n) is 16.2. The Bertz CT molecular complexity index is 2150. The third-order valence-corrected chi connectivity index (χ3v) is 18.1. The van der Waals surface area contributed by atoms with Crippen molar-refractivity contribution in [2.24, 2.45) is 0 Å². The monoisotopic (exact) mass is 1410 g/mol. The van der Waals surface area contributed by atoms with Gasteiger partial charge < -0.3 is 34.2 Å². The van der Waals surface area contributed by atoms with Crippen LogP contribution in [0, 0.1) is 0 Å². The quantitative estimate of drug-likeness (QED) is 0.0146. The van der Waals surface area contributed by atoms with Crippen LogP contribution in [0.1, 0.15) is 329 Å². The van der Waals surface area contributed by atoms with Crippen LogP contribution < -0.4 is 0 Å². The molecule has 0 aliphatic heterocycles. The molecule has 5 unspecified atom stereocenters. The lowest BCUT2D eigenvalue weighted by molar-refractivity contribution is -0.161. The fraction of sp³-hybridized carbons (Fsp3) is 0.759. The molecule has 0 fully saturated rings. The molecule has 0 radical (unpaired) electrons. The summed E-state index contributed by atoms with van der Waals surface area (Å²) in [6, 6.07) is 0. The molecule has 0 amide bonds. The number of carbonyl (C=O) groups excluding carboxylic acids is 3. The van der Waals surface area contributed by atoms with Gasteiger partial charge in [-0.05, 0) is 116 Å². The Labute approximate surface area is 590 Å². The molecule has 0 heterocycles. The summed E-state index contributed by atoms with van der Waals surface area (Å²) in [6.45, 7) is 2.47. The second kappa shape index (κ2) is 72.3. The maximum atomic E-state index is 12.9. The van der Waals surface area contributed by atoms with Crippen molar-refractivity contribution in [3.05, 3.63) is 97.2 Å². The molecule has 0 saturated heterocycles. The van der Waals surface area contributed by atoms with E-state index >= 15 is 0 Å². The predicted molar refractivity (Wildman–Crippen MR) is 399 cm³/mol. The van der Waals surface area contributed by atoms with E-state index in [1.165, 1.54) is 128 Å². The summed E-state index contributed by atoms with van der Waals surface area (Å²) >= 11 is 0. The van der Waals surface area contributed by atoms with Crippen molar-refractivity contribution in [3.63, 3.8) is 0 Å². The Balaban J connectivity index is 4.28. The molecule has 16 nitrogen and oxygen atoms in total. The van der Waals surface area contributed by atoms with Crippen LogP contribution in [0.25, 0.3) is 0 Å². The van der Waals surface area contributed by atoms with Crippen LogP contribution in [0.5, 0.6) is 0 Å². The maximum Gasteiger partial charge on any atom is 0.472 e. The SMILES string of the molecule is CC/C=C\C/C=C\C/C=C\C/C=C\C/C=C\CCCCCCCCCCCCCCCCCCCCCC(=O)OCC(O)COP(=O)(O)OCC(O)COP(=O)(O)OCC(COC(=O)CCCCCCC/C=C\C/C=C\CCC)OC(=O)CCCCCCC/C=C\CCCCCC. The summed E-state index contributed by atoms with van der Waals surface area (Å²) in [4.78, 5) is 58.4. The minimum absolute atomic E-state index is 0.0930. The van der Waals surface area contributed by atoms with Gasteiger partial charge in [-0.2, -0.15) is 0 Å². The van der Waals surface area contributed by atoms with E-state index in [9.17, 15) is 43.5 Å². The van der Waals surface area contributed by atoms with E-state index in [1.807, 2.05) is 0 Å². The second-order valence-corrected chi connectivity index (χ2v) is 28.7. The fourth-order valence-corrected chi connectivity index (χ4v) is 12.0. The second-order valence-electron chi connectivity index (χ2n) is 25.8. The zero-order valence-electron chi connectivity index (χ0n) is 61.2. The Kier molecular flexibility index (Phi) is 69.6. The first-order valence-corrected chi connectivity index (χ1v) is 41.5. The van der Waals surface area contributed by atoms with E-state index in [0.717, 1.165) is 141 Å². The highest BCUT2D eigenvalue weighted by Crippen LogP contribution is 2.45. The average molecular weight is 1410 g/mol. The predicted octanol–water partition coefficient (Wildman–Crippen LogP) is 22.2. The molecule has 0 saturated carbocycles. The number of aliphatic hydroxyl groups excluding tert-OH is 2. The lowest BCUT2D eigenvalue weighted by Crippen LogP contribution is -2.30. The molecule has 0 aromatic heterocycles. The van der Waals surface area contributed by atoms with E-state index in [2.05, 4.69) is 118 Å². The van der Waals surface area contributed by atoms with Gasteiger partial charge in [-0.25, -0.2) is 9.13 Å². The van der Waals surface area contributed by atoms with Crippen molar-refractivity contribution in [1.82, 2.24) is 0 Å². The molecular formula is C79H140O16P2. The van der Waals surface area contributed by atoms with Gasteiger partial charge in [0.1, 0.15) is 25.4 Å². The van der Waals surface area contributed by atoms with Gasteiger partial charge in [-0.15, -0.1) is 0 Å². The van der Waals surface area contributed by atoms with Gasteiger partial charge in [-0.3, -0.25) is 32.5 Å². The fourth-order valence-electron chi connectivity index (χ4n) is 10.4. The molecule has 5 atom stereocenters. The van der Waals surface area contributed by atoms with Crippen LogP contribution in [-0.4, -0.2) is 95.9 Å². The molecule has 0 rings (SSSR count). The van der Waals surface area contributed by atoms with Gasteiger partial charge in [-0.1, -0.05) is 291 Å². The number of allylic oxidation sites excluding steroid dienone is 16. The number of esters is 3. The van der Waals surface area contributed by atoms with Gasteiger partial charge in [0.2, 0.25) is 0 Å². The van der Waals surface area contributed by atoms with Crippen molar-refractivity contribution in [3.8, 4) is 0 Å². The minimum atomic E-state index is -4.92. The maximum absolute atomic E-state index is 12.9. The number of phosphoric acid groups is 2. The summed E-state index contributed by atoms with van der Waals surface area (Å²) in [5.41, 5.74) is 0. The summed E-state index contributed by atoms with van der Waals surface area (Å²) in [5, 5.41) is 20.6. The smallest absolute Gasteiger partial charge is 0.463 e. The van der Waals surface area contributed by atoms with Crippen molar-refractivity contribution in [1.29, 1.82) is 0 Å². The summed E-state index contributed by atoms with van der Waals surface area (Å²) < 4.78 is 60.9. The number of hydrogen-bond donors (Lipinski definition) is 4. The minimum Gasteiger partial charge on any atom is -0.463 e. The van der Waals surface area contributed by atoms with E-state index in [4.69, 9.17) is 32.3 Å². The van der Waals surface area contributed by atoms with E-state index in [0.29, 0.717) is 19.3 Å². The molecule has 0 aliphatic carbocycles. The molecule has 0 aliphatic rings. The molecule has 0 bridgehead atoms. The normalized spacial score (nSPS) is 14.6. The number of aliphatic hydroxyl groups is 2. The van der Waals surface area contributed by atoms with E-state index in [1.54, 1.807) is 0 Å². The molecule has 4 N–H and O–H groups in total. The Hall–Kier alpha value is -3.53. The standard InChI is InChI=1S/C79H140O16P2/c1-4-7-10-13-16-19-22-25-26-27-28-29-30-31-32-33-34-35-36-37-38-39-40-41-42-43-44-45-46-49-51-53-56-59-62-65-77(82)89-68-74(80)69-91-96(85,86)92-70-75(81)71-93-97(87,88)94-73-76(95-79(84)67-64-61-58-55-52-48-24-21-18-15-12-9-6-3)72-90-78(83)66-63-60-57-54-50-47-23-20-17-14-11-8-5-2/h7,10-11,14,16,19-21,23-26,28-29,31-32,74-76,80-81H,4-6,8-9,12-13,15,17-18,22,27,30,33-73H2,1-3H3,(H,85,86)(H,87,88)/b10-7-,14-11-,19-16-,23-20-,24-21-,26-25-,29-28-,32-31-. The number of unbranched alkanes of at least 4 members (excludes halogenated alkanes) is 34. The number of hydrogen-bond acceptors (Lipinski definition) is 14. The van der Waals surface area contributed by atoms with Crippen molar-refractivity contribution in [2.45, 2.75) is 347 Å².